The van der Waals surface area contributed by atoms with Crippen molar-refractivity contribution >= 4 is 21.8 Å². The Bertz CT molecular complexity index is 379. The van der Waals surface area contributed by atoms with Crippen LogP contribution in [0.1, 0.15) is 12.5 Å². The second-order valence-corrected chi connectivity index (χ2v) is 4.27. The maximum absolute atomic E-state index is 11.2. The van der Waals surface area contributed by atoms with Gasteiger partial charge in [0.25, 0.3) is 0 Å². The van der Waals surface area contributed by atoms with Crippen LogP contribution in [0.3, 0.4) is 0 Å². The van der Waals surface area contributed by atoms with E-state index in [0.717, 1.165) is 10.0 Å². The number of aliphatic hydroxyl groups is 1. The van der Waals surface area contributed by atoms with Crippen LogP contribution >= 0.6 is 15.9 Å². The van der Waals surface area contributed by atoms with Crippen LogP contribution in [0, 0.1) is 0 Å². The van der Waals surface area contributed by atoms with Gasteiger partial charge >= 0.3 is 0 Å². The molecular weight excluding hydrogens is 274 g/mol. The van der Waals surface area contributed by atoms with Crippen molar-refractivity contribution in [2.24, 2.45) is 0 Å². The summed E-state index contributed by atoms with van der Waals surface area (Å²) in [5.74, 6) is 0.302. The lowest BCUT2D eigenvalue weighted by atomic mass is 10.2. The predicted octanol–water partition coefficient (Wildman–Crippen LogP) is 1.45. The molecule has 0 aliphatic rings. The van der Waals surface area contributed by atoms with E-state index in [1.54, 1.807) is 7.11 Å². The Morgan fingerprint density at radius 2 is 2.31 bits per heavy atom. The van der Waals surface area contributed by atoms with Crippen molar-refractivity contribution in [3.05, 3.63) is 28.2 Å². The molecule has 16 heavy (non-hydrogen) atoms. The van der Waals surface area contributed by atoms with E-state index in [1.165, 1.54) is 6.92 Å². The fraction of sp³-hybridized carbons (Fsp3) is 0.364. The fourth-order valence-corrected chi connectivity index (χ4v) is 1.62. The van der Waals surface area contributed by atoms with Gasteiger partial charge in [0, 0.05) is 16.6 Å². The average molecular weight is 288 g/mol. The molecule has 1 rings (SSSR count). The maximum Gasteiger partial charge on any atom is 0.248 e. The molecular formula is C11H14BrNO3. The van der Waals surface area contributed by atoms with Crippen LogP contribution in [-0.2, 0) is 11.3 Å². The van der Waals surface area contributed by atoms with E-state index in [4.69, 9.17) is 9.84 Å². The van der Waals surface area contributed by atoms with Crippen molar-refractivity contribution in [2.45, 2.75) is 19.6 Å². The first kappa shape index (κ1) is 13.0. The molecule has 0 bridgehead atoms. The van der Waals surface area contributed by atoms with Crippen molar-refractivity contribution in [3.8, 4) is 5.75 Å². The number of aliphatic hydroxyl groups excluding tert-OH is 1. The summed E-state index contributed by atoms with van der Waals surface area (Å²) >= 11 is 3.34. The summed E-state index contributed by atoms with van der Waals surface area (Å²) in [6.45, 7) is 1.75. The molecule has 5 heteroatoms. The van der Waals surface area contributed by atoms with Crippen molar-refractivity contribution in [1.29, 1.82) is 0 Å². The van der Waals surface area contributed by atoms with Gasteiger partial charge < -0.3 is 15.2 Å². The Labute approximate surface area is 103 Å². The quantitative estimate of drug-likeness (QED) is 0.881. The number of carbonyl (C=O) groups excluding carboxylic acids is 1. The highest BCUT2D eigenvalue weighted by Gasteiger charge is 2.09. The molecule has 1 aromatic rings. The lowest BCUT2D eigenvalue weighted by Crippen LogP contribution is -2.32. The number of amides is 1. The van der Waals surface area contributed by atoms with Gasteiger partial charge in [-0.25, -0.2) is 0 Å². The normalized spacial score (nSPS) is 12.0. The first-order valence-electron chi connectivity index (χ1n) is 4.82. The van der Waals surface area contributed by atoms with Gasteiger partial charge in [-0.05, 0) is 25.1 Å². The molecule has 0 spiro atoms. The molecule has 0 saturated carbocycles. The third-order valence-electron chi connectivity index (χ3n) is 2.07. The summed E-state index contributed by atoms with van der Waals surface area (Å²) in [6, 6.07) is 5.54. The van der Waals surface area contributed by atoms with E-state index in [0.29, 0.717) is 12.3 Å². The van der Waals surface area contributed by atoms with Gasteiger partial charge in [0.15, 0.2) is 0 Å². The summed E-state index contributed by atoms with van der Waals surface area (Å²) in [5, 5.41) is 11.6. The summed E-state index contributed by atoms with van der Waals surface area (Å²) in [4.78, 5) is 11.2. The second-order valence-electron chi connectivity index (χ2n) is 3.35. The zero-order valence-electron chi connectivity index (χ0n) is 9.16. The van der Waals surface area contributed by atoms with Crippen LogP contribution < -0.4 is 10.1 Å². The monoisotopic (exact) mass is 287 g/mol. The van der Waals surface area contributed by atoms with E-state index in [2.05, 4.69) is 21.2 Å². The van der Waals surface area contributed by atoms with Gasteiger partial charge in [0.1, 0.15) is 11.9 Å². The fourth-order valence-electron chi connectivity index (χ4n) is 1.22. The highest BCUT2D eigenvalue weighted by Crippen LogP contribution is 2.22. The number of rotatable bonds is 4. The number of nitrogens with one attached hydrogen (secondary N) is 1. The molecule has 0 heterocycles. The zero-order valence-corrected chi connectivity index (χ0v) is 10.7. The second kappa shape index (κ2) is 5.86. The summed E-state index contributed by atoms with van der Waals surface area (Å²) in [6.07, 6.45) is -1.00. The first-order valence-corrected chi connectivity index (χ1v) is 5.62. The number of carbonyl (C=O) groups is 1. The van der Waals surface area contributed by atoms with Crippen LogP contribution in [-0.4, -0.2) is 24.2 Å². The highest BCUT2D eigenvalue weighted by atomic mass is 79.9. The average Bonchev–Trinajstić information content (AvgIpc) is 2.25. The van der Waals surface area contributed by atoms with Crippen LogP contribution in [0.2, 0.25) is 0 Å². The van der Waals surface area contributed by atoms with Crippen molar-refractivity contribution in [1.82, 2.24) is 5.32 Å². The Morgan fingerprint density at radius 1 is 1.62 bits per heavy atom. The molecule has 0 aliphatic carbocycles. The van der Waals surface area contributed by atoms with E-state index >= 15 is 0 Å². The highest BCUT2D eigenvalue weighted by molar-refractivity contribution is 9.10. The number of hydrogen-bond donors (Lipinski definition) is 2. The molecule has 1 unspecified atom stereocenters. The minimum Gasteiger partial charge on any atom is -0.496 e. The Balaban J connectivity index is 2.72. The number of ether oxygens (including phenoxy) is 1. The molecule has 0 aliphatic heterocycles. The molecule has 2 N–H and O–H groups in total. The molecule has 1 amide bonds. The van der Waals surface area contributed by atoms with Crippen LogP contribution in [0.25, 0.3) is 0 Å². The SMILES string of the molecule is COc1ccc(Br)cc1CNC(=O)C(C)O. The molecule has 88 valence electrons. The van der Waals surface area contributed by atoms with Crippen molar-refractivity contribution in [3.63, 3.8) is 0 Å². The number of halogens is 1. The van der Waals surface area contributed by atoms with E-state index in [9.17, 15) is 4.79 Å². The van der Waals surface area contributed by atoms with Gasteiger partial charge in [0.05, 0.1) is 7.11 Å². The molecule has 4 nitrogen and oxygen atoms in total. The van der Waals surface area contributed by atoms with Crippen molar-refractivity contribution < 1.29 is 14.6 Å². The molecule has 0 aromatic heterocycles. The maximum atomic E-state index is 11.2. The Morgan fingerprint density at radius 3 is 2.88 bits per heavy atom. The van der Waals surface area contributed by atoms with Crippen LogP contribution in [0.4, 0.5) is 0 Å². The lowest BCUT2D eigenvalue weighted by Gasteiger charge is -2.11. The van der Waals surface area contributed by atoms with E-state index < -0.39 is 12.0 Å². The van der Waals surface area contributed by atoms with Gasteiger partial charge in [0.2, 0.25) is 5.91 Å². The summed E-state index contributed by atoms with van der Waals surface area (Å²) in [7, 11) is 1.57. The zero-order chi connectivity index (χ0) is 12.1. The molecule has 0 saturated heterocycles. The van der Waals surface area contributed by atoms with Crippen LogP contribution in [0.15, 0.2) is 22.7 Å². The third-order valence-corrected chi connectivity index (χ3v) is 2.57. The number of benzene rings is 1. The van der Waals surface area contributed by atoms with Gasteiger partial charge in [-0.15, -0.1) is 0 Å². The Kier molecular flexibility index (Phi) is 4.76. The van der Waals surface area contributed by atoms with Gasteiger partial charge in [-0.2, -0.15) is 0 Å². The van der Waals surface area contributed by atoms with Gasteiger partial charge in [-0.3, -0.25) is 4.79 Å². The number of hydrogen-bond acceptors (Lipinski definition) is 3. The van der Waals surface area contributed by atoms with Crippen molar-refractivity contribution in [2.75, 3.05) is 7.11 Å². The smallest absolute Gasteiger partial charge is 0.248 e. The van der Waals surface area contributed by atoms with Gasteiger partial charge in [-0.1, -0.05) is 15.9 Å². The summed E-state index contributed by atoms with van der Waals surface area (Å²) in [5.41, 5.74) is 0.853. The lowest BCUT2D eigenvalue weighted by molar-refractivity contribution is -0.128. The molecule has 1 aromatic carbocycles. The number of methoxy groups -OCH3 is 1. The van der Waals surface area contributed by atoms with E-state index in [-0.39, 0.29) is 0 Å². The largest absolute Gasteiger partial charge is 0.496 e. The topological polar surface area (TPSA) is 58.6 Å². The third kappa shape index (κ3) is 3.50. The van der Waals surface area contributed by atoms with Crippen LogP contribution in [0.5, 0.6) is 5.75 Å². The minimum absolute atomic E-state index is 0.326. The van der Waals surface area contributed by atoms with E-state index in [1.807, 2.05) is 18.2 Å². The molecule has 0 fully saturated rings. The predicted molar refractivity (Wildman–Crippen MR) is 64.2 cm³/mol. The standard InChI is InChI=1S/C11H14BrNO3/c1-7(14)11(15)13-6-8-5-9(12)3-4-10(8)16-2/h3-5,7,14H,6H2,1-2H3,(H,13,15). The Hall–Kier alpha value is -1.07. The molecule has 0 radical (unpaired) electrons. The first-order chi connectivity index (χ1) is 7.54. The molecule has 1 atom stereocenters. The minimum atomic E-state index is -1.00. The summed E-state index contributed by atoms with van der Waals surface area (Å²) < 4.78 is 6.07.